The van der Waals surface area contributed by atoms with Crippen molar-refractivity contribution in [1.29, 1.82) is 0 Å². The highest BCUT2D eigenvalue weighted by molar-refractivity contribution is 9.10. The molecule has 104 valence electrons. The number of amides is 1. The molecule has 1 atom stereocenters. The van der Waals surface area contributed by atoms with Crippen LogP contribution in [-0.4, -0.2) is 17.6 Å². The van der Waals surface area contributed by atoms with E-state index < -0.39 is 17.8 Å². The van der Waals surface area contributed by atoms with Gasteiger partial charge in [0.05, 0.1) is 18.2 Å². The summed E-state index contributed by atoms with van der Waals surface area (Å²) in [5.74, 6) is -1.14. The lowest BCUT2D eigenvalue weighted by Crippen LogP contribution is -2.31. The van der Waals surface area contributed by atoms with Gasteiger partial charge in [-0.1, -0.05) is 40.2 Å². The van der Waals surface area contributed by atoms with E-state index in [1.54, 1.807) is 24.3 Å². The first kappa shape index (κ1) is 14.7. The van der Waals surface area contributed by atoms with Crippen LogP contribution in [0.2, 0.25) is 0 Å². The largest absolute Gasteiger partial charge is 0.394 e. The molecule has 0 aliphatic rings. The van der Waals surface area contributed by atoms with Crippen LogP contribution in [0.5, 0.6) is 0 Å². The standard InChI is InChI=1S/C15H13BrFNO2/c16-11-5-3-4-10(8-11)14(9-19)18-15(20)12-6-1-2-7-13(12)17/h1-8,14,19H,9H2,(H,18,20)/t14-/m1/s1. The SMILES string of the molecule is O=C(N[C@H](CO)c1cccc(Br)c1)c1ccccc1F. The number of rotatable bonds is 4. The highest BCUT2D eigenvalue weighted by Crippen LogP contribution is 2.19. The zero-order chi connectivity index (χ0) is 14.5. The molecule has 0 saturated heterocycles. The van der Waals surface area contributed by atoms with Gasteiger partial charge in [-0.2, -0.15) is 0 Å². The van der Waals surface area contributed by atoms with Crippen LogP contribution in [0.15, 0.2) is 53.0 Å². The Morgan fingerprint density at radius 1 is 1.25 bits per heavy atom. The zero-order valence-electron chi connectivity index (χ0n) is 10.5. The van der Waals surface area contributed by atoms with Crippen molar-refractivity contribution in [3.8, 4) is 0 Å². The number of aliphatic hydroxyl groups excluding tert-OH is 1. The van der Waals surface area contributed by atoms with E-state index in [-0.39, 0.29) is 12.2 Å². The molecule has 0 aliphatic carbocycles. The van der Waals surface area contributed by atoms with E-state index in [1.165, 1.54) is 18.2 Å². The predicted molar refractivity (Wildman–Crippen MR) is 77.8 cm³/mol. The minimum Gasteiger partial charge on any atom is -0.394 e. The van der Waals surface area contributed by atoms with Crippen molar-refractivity contribution in [3.05, 3.63) is 69.9 Å². The number of halogens is 2. The molecule has 2 rings (SSSR count). The Balaban J connectivity index is 2.19. The van der Waals surface area contributed by atoms with Gasteiger partial charge in [0, 0.05) is 4.47 Å². The molecular weight excluding hydrogens is 325 g/mol. The molecule has 0 aliphatic heterocycles. The molecule has 5 heteroatoms. The Kier molecular flexibility index (Phi) is 4.87. The fourth-order valence-corrected chi connectivity index (χ4v) is 2.26. The van der Waals surface area contributed by atoms with Gasteiger partial charge in [-0.05, 0) is 29.8 Å². The normalized spacial score (nSPS) is 11.9. The maximum atomic E-state index is 13.5. The maximum Gasteiger partial charge on any atom is 0.254 e. The highest BCUT2D eigenvalue weighted by Gasteiger charge is 2.17. The first-order chi connectivity index (χ1) is 9.61. The second-order valence-corrected chi connectivity index (χ2v) is 5.16. The number of aliphatic hydroxyl groups is 1. The average Bonchev–Trinajstić information content (AvgIpc) is 2.45. The second kappa shape index (κ2) is 6.63. The quantitative estimate of drug-likeness (QED) is 0.900. The van der Waals surface area contributed by atoms with Crippen molar-refractivity contribution in [1.82, 2.24) is 5.32 Å². The topological polar surface area (TPSA) is 49.3 Å². The third-order valence-corrected chi connectivity index (χ3v) is 3.35. The fourth-order valence-electron chi connectivity index (χ4n) is 1.84. The first-order valence-corrected chi connectivity index (χ1v) is 6.83. The van der Waals surface area contributed by atoms with Crippen molar-refractivity contribution in [3.63, 3.8) is 0 Å². The second-order valence-electron chi connectivity index (χ2n) is 4.24. The zero-order valence-corrected chi connectivity index (χ0v) is 12.1. The smallest absolute Gasteiger partial charge is 0.254 e. The number of hydrogen-bond donors (Lipinski definition) is 2. The minimum absolute atomic E-state index is 0.0408. The van der Waals surface area contributed by atoms with Crippen LogP contribution < -0.4 is 5.32 Å². The van der Waals surface area contributed by atoms with Gasteiger partial charge < -0.3 is 10.4 Å². The summed E-state index contributed by atoms with van der Waals surface area (Å²) in [5, 5.41) is 12.0. The molecule has 2 aromatic carbocycles. The lowest BCUT2D eigenvalue weighted by atomic mass is 10.1. The van der Waals surface area contributed by atoms with Crippen LogP contribution in [0.1, 0.15) is 22.0 Å². The summed E-state index contributed by atoms with van der Waals surface area (Å²) in [7, 11) is 0. The van der Waals surface area contributed by atoms with Crippen LogP contribution in [0.4, 0.5) is 4.39 Å². The van der Waals surface area contributed by atoms with Gasteiger partial charge in [0.25, 0.3) is 5.91 Å². The van der Waals surface area contributed by atoms with Gasteiger partial charge in [0.1, 0.15) is 5.82 Å². The first-order valence-electron chi connectivity index (χ1n) is 6.03. The van der Waals surface area contributed by atoms with E-state index in [4.69, 9.17) is 0 Å². The van der Waals surface area contributed by atoms with E-state index in [0.29, 0.717) is 0 Å². The summed E-state index contributed by atoms with van der Waals surface area (Å²) < 4.78 is 14.4. The molecular formula is C15H13BrFNO2. The van der Waals surface area contributed by atoms with Crippen LogP contribution in [0, 0.1) is 5.82 Å². The Hall–Kier alpha value is -1.72. The lowest BCUT2D eigenvalue weighted by molar-refractivity contribution is 0.0912. The third-order valence-electron chi connectivity index (χ3n) is 2.86. The van der Waals surface area contributed by atoms with Crippen molar-refractivity contribution >= 4 is 21.8 Å². The summed E-state index contributed by atoms with van der Waals surface area (Å²) in [5.41, 5.74) is 0.701. The van der Waals surface area contributed by atoms with Gasteiger partial charge in [-0.3, -0.25) is 4.79 Å². The van der Waals surface area contributed by atoms with Crippen LogP contribution in [0.3, 0.4) is 0 Å². The Morgan fingerprint density at radius 3 is 2.65 bits per heavy atom. The van der Waals surface area contributed by atoms with E-state index >= 15 is 0 Å². The molecule has 2 N–H and O–H groups in total. The van der Waals surface area contributed by atoms with Gasteiger partial charge in [-0.25, -0.2) is 4.39 Å². The van der Waals surface area contributed by atoms with Crippen LogP contribution in [0.25, 0.3) is 0 Å². The number of carbonyl (C=O) groups is 1. The van der Waals surface area contributed by atoms with Gasteiger partial charge >= 0.3 is 0 Å². The molecule has 0 heterocycles. The highest BCUT2D eigenvalue weighted by atomic mass is 79.9. The maximum absolute atomic E-state index is 13.5. The van der Waals surface area contributed by atoms with E-state index in [9.17, 15) is 14.3 Å². The Labute approximate surface area is 124 Å². The summed E-state index contributed by atoms with van der Waals surface area (Å²) in [6.45, 7) is -0.267. The van der Waals surface area contributed by atoms with Gasteiger partial charge in [0.15, 0.2) is 0 Å². The monoisotopic (exact) mass is 337 g/mol. The molecule has 20 heavy (non-hydrogen) atoms. The van der Waals surface area contributed by atoms with Crippen molar-refractivity contribution in [2.75, 3.05) is 6.61 Å². The summed E-state index contributed by atoms with van der Waals surface area (Å²) in [4.78, 5) is 12.0. The van der Waals surface area contributed by atoms with Gasteiger partial charge in [-0.15, -0.1) is 0 Å². The molecule has 3 nitrogen and oxygen atoms in total. The number of benzene rings is 2. The number of carbonyl (C=O) groups excluding carboxylic acids is 1. The van der Waals surface area contributed by atoms with Gasteiger partial charge in [0.2, 0.25) is 0 Å². The van der Waals surface area contributed by atoms with E-state index in [1.807, 2.05) is 6.07 Å². The molecule has 0 saturated carbocycles. The summed E-state index contributed by atoms with van der Waals surface area (Å²) >= 11 is 3.33. The Morgan fingerprint density at radius 2 is 2.00 bits per heavy atom. The number of nitrogens with one attached hydrogen (secondary N) is 1. The third kappa shape index (κ3) is 3.43. The fraction of sp³-hybridized carbons (Fsp3) is 0.133. The number of hydrogen-bond acceptors (Lipinski definition) is 2. The summed E-state index contributed by atoms with van der Waals surface area (Å²) in [6.07, 6.45) is 0. The van der Waals surface area contributed by atoms with Crippen molar-refractivity contribution in [2.45, 2.75) is 6.04 Å². The van der Waals surface area contributed by atoms with Crippen molar-refractivity contribution in [2.24, 2.45) is 0 Å². The molecule has 0 unspecified atom stereocenters. The van der Waals surface area contributed by atoms with E-state index in [0.717, 1.165) is 10.0 Å². The molecule has 0 spiro atoms. The Bertz CT molecular complexity index is 618. The molecule has 0 bridgehead atoms. The van der Waals surface area contributed by atoms with Crippen LogP contribution in [-0.2, 0) is 0 Å². The molecule has 0 aromatic heterocycles. The van der Waals surface area contributed by atoms with E-state index in [2.05, 4.69) is 21.2 Å². The molecule has 0 fully saturated rings. The van der Waals surface area contributed by atoms with Crippen molar-refractivity contribution < 1.29 is 14.3 Å². The van der Waals surface area contributed by atoms with Crippen LogP contribution >= 0.6 is 15.9 Å². The minimum atomic E-state index is -0.587. The molecule has 0 radical (unpaired) electrons. The average molecular weight is 338 g/mol. The lowest BCUT2D eigenvalue weighted by Gasteiger charge is -2.17. The predicted octanol–water partition coefficient (Wildman–Crippen LogP) is 3.05. The molecule has 2 aromatic rings. The molecule has 1 amide bonds. The summed E-state index contributed by atoms with van der Waals surface area (Å²) in [6, 6.07) is 12.4.